The van der Waals surface area contributed by atoms with Gasteiger partial charge in [-0.15, -0.1) is 0 Å². The number of hydrogen-bond acceptors (Lipinski definition) is 1. The van der Waals surface area contributed by atoms with Gasteiger partial charge in [0.2, 0.25) is 0 Å². The smallest absolute Gasteiger partial charge is 0.149 e. The van der Waals surface area contributed by atoms with Crippen molar-refractivity contribution in [3.8, 4) is 0 Å². The molecule has 0 heterocycles. The molecule has 0 spiro atoms. The van der Waals surface area contributed by atoms with Crippen LogP contribution in [0.1, 0.15) is 5.56 Å². The van der Waals surface area contributed by atoms with Crippen molar-refractivity contribution in [3.63, 3.8) is 0 Å². The molecule has 2 rings (SSSR count). The second-order valence-corrected chi connectivity index (χ2v) is 4.79. The van der Waals surface area contributed by atoms with Crippen molar-refractivity contribution >= 4 is 27.7 Å². The molecular weight excluding hydrogens is 312 g/mol. The molecule has 2 aromatic rings. The Bertz CT molecular complexity index is 582. The molecule has 2 aromatic carbocycles. The number of anilines is 1. The van der Waals surface area contributed by atoms with Gasteiger partial charge in [0.05, 0.1) is 10.2 Å². The van der Waals surface area contributed by atoms with E-state index in [4.69, 9.17) is 0 Å². The largest absolute Gasteiger partial charge is 0.379 e. The lowest BCUT2D eigenvalue weighted by atomic mass is 10.2. The highest BCUT2D eigenvalue weighted by Gasteiger charge is 2.06. The molecular formula is C15H12BrF2N. The van der Waals surface area contributed by atoms with Crippen LogP contribution in [-0.4, -0.2) is 6.54 Å². The van der Waals surface area contributed by atoms with Gasteiger partial charge >= 0.3 is 0 Å². The normalized spacial score (nSPS) is 10.9. The maximum atomic E-state index is 13.4. The van der Waals surface area contributed by atoms with E-state index in [1.54, 1.807) is 0 Å². The summed E-state index contributed by atoms with van der Waals surface area (Å²) in [5, 5.41) is 2.89. The number of nitrogens with one attached hydrogen (secondary N) is 1. The molecule has 0 aliphatic rings. The average molecular weight is 324 g/mol. The summed E-state index contributed by atoms with van der Waals surface area (Å²) in [6.07, 6.45) is 3.81. The Morgan fingerprint density at radius 3 is 2.53 bits per heavy atom. The molecule has 0 saturated heterocycles. The van der Waals surface area contributed by atoms with Gasteiger partial charge in [-0.3, -0.25) is 0 Å². The molecule has 0 aromatic heterocycles. The van der Waals surface area contributed by atoms with Gasteiger partial charge in [-0.1, -0.05) is 42.5 Å². The zero-order chi connectivity index (χ0) is 13.7. The van der Waals surface area contributed by atoms with Crippen molar-refractivity contribution in [1.82, 2.24) is 0 Å². The number of benzene rings is 2. The van der Waals surface area contributed by atoms with Gasteiger partial charge in [0, 0.05) is 12.6 Å². The Hall–Kier alpha value is -1.68. The van der Waals surface area contributed by atoms with E-state index in [9.17, 15) is 8.78 Å². The molecule has 1 N–H and O–H groups in total. The zero-order valence-electron chi connectivity index (χ0n) is 10.0. The molecule has 0 saturated carbocycles. The first-order chi connectivity index (χ1) is 9.16. The van der Waals surface area contributed by atoms with Crippen molar-refractivity contribution in [3.05, 3.63) is 70.2 Å². The molecule has 0 bridgehead atoms. The van der Waals surface area contributed by atoms with Gasteiger partial charge in [0.25, 0.3) is 0 Å². The summed E-state index contributed by atoms with van der Waals surface area (Å²) in [7, 11) is 0. The van der Waals surface area contributed by atoms with Crippen LogP contribution in [0.4, 0.5) is 14.5 Å². The van der Waals surface area contributed by atoms with Gasteiger partial charge in [0.1, 0.15) is 11.6 Å². The Morgan fingerprint density at radius 2 is 1.79 bits per heavy atom. The van der Waals surface area contributed by atoms with E-state index in [1.165, 1.54) is 6.07 Å². The molecule has 0 unspecified atom stereocenters. The van der Waals surface area contributed by atoms with Crippen LogP contribution in [0, 0.1) is 11.6 Å². The molecule has 0 aliphatic carbocycles. The van der Waals surface area contributed by atoms with E-state index >= 15 is 0 Å². The van der Waals surface area contributed by atoms with E-state index < -0.39 is 11.6 Å². The molecule has 19 heavy (non-hydrogen) atoms. The molecule has 0 aliphatic heterocycles. The SMILES string of the molecule is Fc1cc(F)c(NC/C=C/c2ccccc2)cc1Br. The van der Waals surface area contributed by atoms with Crippen molar-refractivity contribution in [2.24, 2.45) is 0 Å². The summed E-state index contributed by atoms with van der Waals surface area (Å²) in [6, 6.07) is 12.0. The Labute approximate surface area is 119 Å². The standard InChI is InChI=1S/C15H12BrF2N/c16-12-9-15(14(18)10-13(12)17)19-8-4-7-11-5-2-1-3-6-11/h1-7,9-10,19H,8H2/b7-4+. The van der Waals surface area contributed by atoms with Crippen LogP contribution in [0.15, 0.2) is 53.0 Å². The monoisotopic (exact) mass is 323 g/mol. The Morgan fingerprint density at radius 1 is 1.05 bits per heavy atom. The van der Waals surface area contributed by atoms with E-state index in [-0.39, 0.29) is 10.2 Å². The summed E-state index contributed by atoms with van der Waals surface area (Å²) < 4.78 is 26.7. The van der Waals surface area contributed by atoms with Crippen molar-refractivity contribution in [2.75, 3.05) is 11.9 Å². The maximum absolute atomic E-state index is 13.4. The van der Waals surface area contributed by atoms with Crippen LogP contribution in [0.3, 0.4) is 0 Å². The average Bonchev–Trinajstić information content (AvgIpc) is 2.41. The molecule has 4 heteroatoms. The third kappa shape index (κ3) is 3.89. The lowest BCUT2D eigenvalue weighted by Crippen LogP contribution is -2.01. The highest BCUT2D eigenvalue weighted by atomic mass is 79.9. The van der Waals surface area contributed by atoms with Gasteiger partial charge < -0.3 is 5.32 Å². The number of hydrogen-bond donors (Lipinski definition) is 1. The molecule has 98 valence electrons. The minimum atomic E-state index is -0.608. The first kappa shape index (κ1) is 13.7. The Balaban J connectivity index is 1.96. The summed E-state index contributed by atoms with van der Waals surface area (Å²) in [5.74, 6) is -1.21. The summed E-state index contributed by atoms with van der Waals surface area (Å²) in [4.78, 5) is 0. The molecule has 0 radical (unpaired) electrons. The fraction of sp³-hybridized carbons (Fsp3) is 0.0667. The van der Waals surface area contributed by atoms with Crippen molar-refractivity contribution in [2.45, 2.75) is 0 Å². The molecule has 0 atom stereocenters. The van der Waals surface area contributed by atoms with Crippen molar-refractivity contribution < 1.29 is 8.78 Å². The van der Waals surface area contributed by atoms with E-state index in [1.807, 2.05) is 42.5 Å². The molecule has 1 nitrogen and oxygen atoms in total. The predicted molar refractivity (Wildman–Crippen MR) is 78.0 cm³/mol. The van der Waals surface area contributed by atoms with E-state index in [0.29, 0.717) is 6.54 Å². The topological polar surface area (TPSA) is 12.0 Å². The van der Waals surface area contributed by atoms with Crippen LogP contribution in [0.2, 0.25) is 0 Å². The lowest BCUT2D eigenvalue weighted by molar-refractivity contribution is 0.581. The number of rotatable bonds is 4. The van der Waals surface area contributed by atoms with Gasteiger partial charge in [-0.2, -0.15) is 0 Å². The minimum absolute atomic E-state index is 0.239. The lowest BCUT2D eigenvalue weighted by Gasteiger charge is -2.06. The van der Waals surface area contributed by atoms with Gasteiger partial charge in [0.15, 0.2) is 0 Å². The summed E-state index contributed by atoms with van der Waals surface area (Å²) in [6.45, 7) is 0.462. The third-order valence-corrected chi connectivity index (χ3v) is 3.14. The van der Waals surface area contributed by atoms with E-state index in [2.05, 4.69) is 21.2 Å². The predicted octanol–water partition coefficient (Wildman–Crippen LogP) is 4.85. The first-order valence-electron chi connectivity index (χ1n) is 5.77. The third-order valence-electron chi connectivity index (χ3n) is 2.53. The maximum Gasteiger partial charge on any atom is 0.149 e. The fourth-order valence-corrected chi connectivity index (χ4v) is 1.93. The van der Waals surface area contributed by atoms with Crippen molar-refractivity contribution in [1.29, 1.82) is 0 Å². The fourth-order valence-electron chi connectivity index (χ4n) is 1.59. The second-order valence-electron chi connectivity index (χ2n) is 3.94. The number of halogens is 3. The van der Waals surface area contributed by atoms with Gasteiger partial charge in [-0.05, 0) is 27.6 Å². The van der Waals surface area contributed by atoms with E-state index in [0.717, 1.165) is 11.6 Å². The van der Waals surface area contributed by atoms with Crippen LogP contribution in [-0.2, 0) is 0 Å². The summed E-state index contributed by atoms with van der Waals surface area (Å²) in [5.41, 5.74) is 1.34. The first-order valence-corrected chi connectivity index (χ1v) is 6.56. The van der Waals surface area contributed by atoms with Crippen LogP contribution >= 0.6 is 15.9 Å². The minimum Gasteiger partial charge on any atom is -0.379 e. The van der Waals surface area contributed by atoms with Gasteiger partial charge in [-0.25, -0.2) is 8.78 Å². The Kier molecular flexibility index (Phi) is 4.68. The highest BCUT2D eigenvalue weighted by Crippen LogP contribution is 2.23. The van der Waals surface area contributed by atoms with Crippen LogP contribution < -0.4 is 5.32 Å². The zero-order valence-corrected chi connectivity index (χ0v) is 11.6. The quantitative estimate of drug-likeness (QED) is 0.793. The van der Waals surface area contributed by atoms with Crippen LogP contribution in [0.25, 0.3) is 6.08 Å². The molecule has 0 amide bonds. The van der Waals surface area contributed by atoms with Crippen LogP contribution in [0.5, 0.6) is 0 Å². The summed E-state index contributed by atoms with van der Waals surface area (Å²) >= 11 is 3.03. The molecule has 0 fully saturated rings. The highest BCUT2D eigenvalue weighted by molar-refractivity contribution is 9.10. The second kappa shape index (κ2) is 6.48.